The highest BCUT2D eigenvalue weighted by Gasteiger charge is 2.40. The van der Waals surface area contributed by atoms with Gasteiger partial charge in [0, 0.05) is 29.8 Å². The van der Waals surface area contributed by atoms with Crippen LogP contribution in [-0.4, -0.2) is 64.2 Å². The highest BCUT2D eigenvalue weighted by atomic mass is 16.5. The summed E-state index contributed by atoms with van der Waals surface area (Å²) in [7, 11) is 0. The van der Waals surface area contributed by atoms with Gasteiger partial charge in [-0.1, -0.05) is 6.07 Å². The lowest BCUT2D eigenvalue weighted by Crippen LogP contribution is -2.52. The Hall–Kier alpha value is -3.47. The molecule has 0 saturated carbocycles. The van der Waals surface area contributed by atoms with Crippen LogP contribution in [-0.2, 0) is 25.7 Å². The molecule has 4 N–H and O–H groups in total. The Balaban J connectivity index is 1.64. The molecule has 2 aliphatic rings. The van der Waals surface area contributed by atoms with Crippen LogP contribution in [0.15, 0.2) is 18.2 Å². The topological polar surface area (TPSA) is 162 Å². The lowest BCUT2D eigenvalue weighted by Gasteiger charge is -2.29. The zero-order valence-corrected chi connectivity index (χ0v) is 15.9. The molecule has 1 aromatic rings. The Labute approximate surface area is 171 Å². The number of carbonyl (C=O) groups excluding carboxylic acids is 4. The zero-order valence-electron chi connectivity index (χ0n) is 15.9. The highest BCUT2D eigenvalue weighted by molar-refractivity contribution is 6.06. The van der Waals surface area contributed by atoms with Crippen LogP contribution in [0.5, 0.6) is 0 Å². The molecule has 160 valence electrons. The molecule has 1 aromatic carbocycles. The van der Waals surface area contributed by atoms with E-state index in [2.05, 4.69) is 10.6 Å². The van der Waals surface area contributed by atoms with E-state index in [4.69, 9.17) is 14.9 Å². The number of aliphatic hydroxyl groups is 1. The van der Waals surface area contributed by atoms with Gasteiger partial charge in [0.15, 0.2) is 0 Å². The molecule has 11 heteroatoms. The van der Waals surface area contributed by atoms with E-state index in [0.29, 0.717) is 16.8 Å². The van der Waals surface area contributed by atoms with Crippen LogP contribution in [0.25, 0.3) is 0 Å². The Kier molecular flexibility index (Phi) is 6.31. The number of hydrogen-bond donors (Lipinski definition) is 4. The zero-order chi connectivity index (χ0) is 21.8. The number of amides is 4. The fraction of sp³-hybridized carbons (Fsp3) is 0.421. The van der Waals surface area contributed by atoms with Crippen molar-refractivity contribution in [2.45, 2.75) is 31.8 Å². The Morgan fingerprint density at radius 1 is 1.30 bits per heavy atom. The minimum Gasteiger partial charge on any atom is -0.481 e. The van der Waals surface area contributed by atoms with Crippen LogP contribution in [0, 0.1) is 5.92 Å². The number of hydrogen-bond acceptors (Lipinski definition) is 7. The van der Waals surface area contributed by atoms with Gasteiger partial charge in [-0.2, -0.15) is 0 Å². The van der Waals surface area contributed by atoms with Crippen molar-refractivity contribution in [3.05, 3.63) is 29.3 Å². The number of nitrogens with one attached hydrogen (secondary N) is 2. The lowest BCUT2D eigenvalue weighted by molar-refractivity contribution is -0.143. The molecule has 0 aromatic heterocycles. The quantitative estimate of drug-likeness (QED) is 0.452. The molecule has 4 amide bonds. The first kappa shape index (κ1) is 21.2. The average Bonchev–Trinajstić information content (AvgIpc) is 3.03. The maximum absolute atomic E-state index is 12.7. The monoisotopic (exact) mass is 419 g/mol. The molecule has 1 fully saturated rings. The van der Waals surface area contributed by atoms with Gasteiger partial charge in [-0.25, -0.2) is 4.79 Å². The van der Waals surface area contributed by atoms with Crippen molar-refractivity contribution in [1.82, 2.24) is 10.2 Å². The van der Waals surface area contributed by atoms with Crippen LogP contribution in [0.1, 0.15) is 35.2 Å². The summed E-state index contributed by atoms with van der Waals surface area (Å²) < 4.78 is 4.96. The largest absolute Gasteiger partial charge is 0.481 e. The van der Waals surface area contributed by atoms with E-state index in [1.54, 1.807) is 18.2 Å². The summed E-state index contributed by atoms with van der Waals surface area (Å²) in [5, 5.41) is 22.6. The number of benzene rings is 1. The van der Waals surface area contributed by atoms with E-state index in [0.717, 1.165) is 0 Å². The molecule has 0 aliphatic carbocycles. The number of rotatable bonds is 7. The predicted octanol–water partition coefficient (Wildman–Crippen LogP) is 0.0793. The van der Waals surface area contributed by atoms with E-state index in [-0.39, 0.29) is 44.2 Å². The third-order valence-electron chi connectivity index (χ3n) is 5.09. The number of carbonyl (C=O) groups is 5. The van der Waals surface area contributed by atoms with Crippen molar-refractivity contribution in [2.75, 3.05) is 18.5 Å². The number of aliphatic carboxylic acids is 1. The summed E-state index contributed by atoms with van der Waals surface area (Å²) in [5.74, 6) is -3.49. The number of aliphatic hydroxyl groups excluding tert-OH is 1. The van der Waals surface area contributed by atoms with E-state index in [1.807, 2.05) is 0 Å². The van der Waals surface area contributed by atoms with E-state index in [1.165, 1.54) is 4.90 Å². The number of ether oxygens (including phenoxy) is 1. The normalized spacial score (nSPS) is 19.2. The second-order valence-corrected chi connectivity index (χ2v) is 7.00. The van der Waals surface area contributed by atoms with Gasteiger partial charge in [0.1, 0.15) is 6.04 Å². The van der Waals surface area contributed by atoms with Crippen molar-refractivity contribution >= 4 is 35.5 Å². The molecule has 1 saturated heterocycles. The predicted molar refractivity (Wildman–Crippen MR) is 100 cm³/mol. The molecule has 0 spiro atoms. The number of nitrogens with zero attached hydrogens (tertiary/aromatic N) is 1. The first-order valence-corrected chi connectivity index (χ1v) is 9.35. The molecule has 0 bridgehead atoms. The van der Waals surface area contributed by atoms with Gasteiger partial charge >= 0.3 is 12.1 Å². The van der Waals surface area contributed by atoms with Crippen molar-refractivity contribution in [3.8, 4) is 0 Å². The molecule has 3 rings (SSSR count). The van der Waals surface area contributed by atoms with Crippen molar-refractivity contribution in [3.63, 3.8) is 0 Å². The molecule has 0 radical (unpaired) electrons. The second kappa shape index (κ2) is 8.91. The van der Waals surface area contributed by atoms with Crippen molar-refractivity contribution < 1.29 is 38.9 Å². The SMILES string of the molecule is O=C1CCC(N2Cc3c(NC(=O)OCCC(CO)C(=O)O)cccc3C2=O)C(=O)N1. The first-order chi connectivity index (χ1) is 14.3. The Bertz CT molecular complexity index is 900. The smallest absolute Gasteiger partial charge is 0.411 e. The average molecular weight is 419 g/mol. The minimum absolute atomic E-state index is 0.0477. The summed E-state index contributed by atoms with van der Waals surface area (Å²) in [6, 6.07) is 3.97. The molecule has 2 atom stereocenters. The number of piperidine rings is 1. The van der Waals surface area contributed by atoms with Crippen molar-refractivity contribution in [2.24, 2.45) is 5.92 Å². The standard InChI is InChI=1S/C19H21N3O8/c23-9-10(18(27)28)6-7-30-19(29)20-13-3-1-2-11-12(13)8-22(17(11)26)14-4-5-15(24)21-16(14)25/h1-3,10,14,23H,4-9H2,(H,20,29)(H,27,28)(H,21,24,25). The van der Waals surface area contributed by atoms with Gasteiger partial charge in [-0.05, 0) is 25.0 Å². The van der Waals surface area contributed by atoms with Crippen molar-refractivity contribution in [1.29, 1.82) is 0 Å². The van der Waals surface area contributed by atoms with Gasteiger partial charge in [-0.3, -0.25) is 29.8 Å². The van der Waals surface area contributed by atoms with Crippen LogP contribution >= 0.6 is 0 Å². The molecule has 2 heterocycles. The Morgan fingerprint density at radius 3 is 2.73 bits per heavy atom. The maximum Gasteiger partial charge on any atom is 0.411 e. The molecule has 30 heavy (non-hydrogen) atoms. The van der Waals surface area contributed by atoms with E-state index >= 15 is 0 Å². The Morgan fingerprint density at radius 2 is 2.07 bits per heavy atom. The third kappa shape index (κ3) is 4.40. The number of imide groups is 1. The second-order valence-electron chi connectivity index (χ2n) is 7.00. The third-order valence-corrected chi connectivity index (χ3v) is 5.09. The fourth-order valence-corrected chi connectivity index (χ4v) is 3.44. The van der Waals surface area contributed by atoms with Gasteiger partial charge in [0.05, 0.1) is 19.1 Å². The van der Waals surface area contributed by atoms with E-state index in [9.17, 15) is 24.0 Å². The molecular formula is C19H21N3O8. The molecule has 2 aliphatic heterocycles. The maximum atomic E-state index is 12.7. The summed E-state index contributed by atoms with van der Waals surface area (Å²) in [6.45, 7) is -0.687. The fourth-order valence-electron chi connectivity index (χ4n) is 3.44. The summed E-state index contributed by atoms with van der Waals surface area (Å²) >= 11 is 0. The number of fused-ring (bicyclic) bond motifs is 1. The molecule has 2 unspecified atom stereocenters. The lowest BCUT2D eigenvalue weighted by atomic mass is 10.0. The number of carboxylic acid groups (broad SMARTS) is 1. The number of anilines is 1. The first-order valence-electron chi connectivity index (χ1n) is 9.35. The van der Waals surface area contributed by atoms with Crippen LogP contribution < -0.4 is 10.6 Å². The summed E-state index contributed by atoms with van der Waals surface area (Å²) in [4.78, 5) is 60.5. The van der Waals surface area contributed by atoms with Crippen LogP contribution in [0.2, 0.25) is 0 Å². The summed E-state index contributed by atoms with van der Waals surface area (Å²) in [5.41, 5.74) is 1.18. The number of carboxylic acids is 1. The van der Waals surface area contributed by atoms with Crippen LogP contribution in [0.3, 0.4) is 0 Å². The van der Waals surface area contributed by atoms with Gasteiger partial charge in [0.25, 0.3) is 5.91 Å². The highest BCUT2D eigenvalue weighted by Crippen LogP contribution is 2.32. The van der Waals surface area contributed by atoms with Gasteiger partial charge in [-0.15, -0.1) is 0 Å². The van der Waals surface area contributed by atoms with Gasteiger partial charge in [0.2, 0.25) is 11.8 Å². The van der Waals surface area contributed by atoms with E-state index < -0.39 is 36.5 Å². The van der Waals surface area contributed by atoms with Gasteiger partial charge < -0.3 is 19.8 Å². The molecule has 11 nitrogen and oxygen atoms in total. The molecular weight excluding hydrogens is 398 g/mol. The summed E-state index contributed by atoms with van der Waals surface area (Å²) in [6.07, 6.45) is -0.518. The minimum atomic E-state index is -1.19. The van der Waals surface area contributed by atoms with Crippen LogP contribution in [0.4, 0.5) is 10.5 Å².